The Morgan fingerprint density at radius 1 is 1.20 bits per heavy atom. The Morgan fingerprint density at radius 3 is 2.50 bits per heavy atom. The van der Waals surface area contributed by atoms with E-state index in [4.69, 9.17) is 4.74 Å². The first kappa shape index (κ1) is 14.9. The van der Waals surface area contributed by atoms with E-state index in [1.165, 1.54) is 6.07 Å². The monoisotopic (exact) mass is 337 g/mol. The maximum atomic E-state index is 13.5. The minimum atomic E-state index is -0.270. The third-order valence-electron chi connectivity index (χ3n) is 2.99. The molecule has 1 atom stereocenters. The van der Waals surface area contributed by atoms with Crippen molar-refractivity contribution in [2.45, 2.75) is 19.9 Å². The fourth-order valence-corrected chi connectivity index (χ4v) is 2.19. The number of hydrogen-bond donors (Lipinski definition) is 1. The van der Waals surface area contributed by atoms with Crippen molar-refractivity contribution >= 4 is 21.6 Å². The van der Waals surface area contributed by atoms with Crippen LogP contribution in [0.15, 0.2) is 46.9 Å². The van der Waals surface area contributed by atoms with Gasteiger partial charge in [0, 0.05) is 11.7 Å². The number of anilines is 1. The van der Waals surface area contributed by atoms with Gasteiger partial charge in [0.2, 0.25) is 0 Å². The van der Waals surface area contributed by atoms with Crippen molar-refractivity contribution in [2.24, 2.45) is 0 Å². The van der Waals surface area contributed by atoms with E-state index in [9.17, 15) is 4.39 Å². The molecule has 4 heteroatoms. The van der Waals surface area contributed by atoms with Gasteiger partial charge in [0.15, 0.2) is 0 Å². The van der Waals surface area contributed by atoms with Gasteiger partial charge in [-0.25, -0.2) is 4.39 Å². The van der Waals surface area contributed by atoms with E-state index in [1.54, 1.807) is 6.07 Å². The summed E-state index contributed by atoms with van der Waals surface area (Å²) in [7, 11) is 0. The predicted molar refractivity (Wildman–Crippen MR) is 83.7 cm³/mol. The first-order valence-electron chi connectivity index (χ1n) is 6.54. The lowest BCUT2D eigenvalue weighted by molar-refractivity contribution is 0.340. The molecule has 0 heterocycles. The topological polar surface area (TPSA) is 21.3 Å². The highest BCUT2D eigenvalue weighted by atomic mass is 79.9. The van der Waals surface area contributed by atoms with E-state index in [0.717, 1.165) is 17.0 Å². The second-order valence-corrected chi connectivity index (χ2v) is 5.35. The molecule has 106 valence electrons. The Hall–Kier alpha value is -1.55. The Kier molecular flexibility index (Phi) is 5.01. The molecule has 0 bridgehead atoms. The van der Waals surface area contributed by atoms with E-state index in [0.29, 0.717) is 11.1 Å². The van der Waals surface area contributed by atoms with Crippen LogP contribution in [0.2, 0.25) is 0 Å². The summed E-state index contributed by atoms with van der Waals surface area (Å²) in [4.78, 5) is 0. The summed E-state index contributed by atoms with van der Waals surface area (Å²) in [6.07, 6.45) is 0. The quantitative estimate of drug-likeness (QED) is 0.813. The Labute approximate surface area is 127 Å². The van der Waals surface area contributed by atoms with Crippen molar-refractivity contribution < 1.29 is 9.13 Å². The first-order chi connectivity index (χ1) is 9.60. The normalized spacial score (nSPS) is 12.0. The molecule has 0 amide bonds. The lowest BCUT2D eigenvalue weighted by atomic mass is 10.1. The van der Waals surface area contributed by atoms with Gasteiger partial charge < -0.3 is 10.1 Å². The molecule has 0 aliphatic carbocycles. The zero-order valence-electron chi connectivity index (χ0n) is 11.5. The van der Waals surface area contributed by atoms with Gasteiger partial charge in [0.25, 0.3) is 0 Å². The molecule has 1 N–H and O–H groups in total. The Bertz CT molecular complexity index is 571. The number of rotatable bonds is 5. The molecule has 0 aliphatic rings. The zero-order chi connectivity index (χ0) is 14.5. The average molecular weight is 338 g/mol. The van der Waals surface area contributed by atoms with Crippen LogP contribution in [-0.4, -0.2) is 6.61 Å². The van der Waals surface area contributed by atoms with Crippen LogP contribution in [-0.2, 0) is 0 Å². The van der Waals surface area contributed by atoms with Crippen molar-refractivity contribution in [1.82, 2.24) is 0 Å². The van der Waals surface area contributed by atoms with E-state index in [1.807, 2.05) is 44.2 Å². The second-order valence-electron chi connectivity index (χ2n) is 4.50. The van der Waals surface area contributed by atoms with Crippen LogP contribution >= 0.6 is 15.9 Å². The van der Waals surface area contributed by atoms with Gasteiger partial charge in [-0.1, -0.05) is 12.1 Å². The molecule has 1 unspecified atom stereocenters. The van der Waals surface area contributed by atoms with Crippen molar-refractivity contribution in [3.8, 4) is 5.75 Å². The maximum Gasteiger partial charge on any atom is 0.139 e. The Balaban J connectivity index is 2.06. The molecule has 20 heavy (non-hydrogen) atoms. The number of ether oxygens (including phenoxy) is 1. The fourth-order valence-electron chi connectivity index (χ4n) is 1.94. The molecular formula is C16H17BrFNO. The Morgan fingerprint density at radius 2 is 1.90 bits per heavy atom. The molecular weight excluding hydrogens is 321 g/mol. The number of nitrogens with one attached hydrogen (secondary N) is 1. The van der Waals surface area contributed by atoms with Crippen LogP contribution in [0.1, 0.15) is 25.5 Å². The van der Waals surface area contributed by atoms with Crippen molar-refractivity contribution in [3.05, 3.63) is 58.3 Å². The van der Waals surface area contributed by atoms with Crippen molar-refractivity contribution in [1.29, 1.82) is 0 Å². The number of benzene rings is 2. The van der Waals surface area contributed by atoms with E-state index in [-0.39, 0.29) is 11.9 Å². The summed E-state index contributed by atoms with van der Waals surface area (Å²) < 4.78 is 19.3. The average Bonchev–Trinajstić information content (AvgIpc) is 2.44. The zero-order valence-corrected chi connectivity index (χ0v) is 13.1. The van der Waals surface area contributed by atoms with Crippen LogP contribution in [0.3, 0.4) is 0 Å². The van der Waals surface area contributed by atoms with Gasteiger partial charge in [0.05, 0.1) is 11.1 Å². The minimum Gasteiger partial charge on any atom is -0.494 e. The van der Waals surface area contributed by atoms with E-state index in [2.05, 4.69) is 21.2 Å². The first-order valence-corrected chi connectivity index (χ1v) is 7.33. The SMILES string of the molecule is CCOc1ccc(C(C)Nc2ccc(Br)c(F)c2)cc1. The molecule has 0 fully saturated rings. The molecule has 2 nitrogen and oxygen atoms in total. The van der Waals surface area contributed by atoms with E-state index < -0.39 is 0 Å². The highest BCUT2D eigenvalue weighted by molar-refractivity contribution is 9.10. The van der Waals surface area contributed by atoms with Gasteiger partial charge in [-0.15, -0.1) is 0 Å². The van der Waals surface area contributed by atoms with Crippen LogP contribution in [0.4, 0.5) is 10.1 Å². The summed E-state index contributed by atoms with van der Waals surface area (Å²) in [6.45, 7) is 4.65. The second kappa shape index (κ2) is 6.75. The van der Waals surface area contributed by atoms with Crippen LogP contribution < -0.4 is 10.1 Å². The summed E-state index contributed by atoms with van der Waals surface area (Å²) in [6, 6.07) is 13.0. The largest absolute Gasteiger partial charge is 0.494 e. The molecule has 0 saturated carbocycles. The van der Waals surface area contributed by atoms with Gasteiger partial charge >= 0.3 is 0 Å². The number of hydrogen-bond acceptors (Lipinski definition) is 2. The lowest BCUT2D eigenvalue weighted by Crippen LogP contribution is -2.06. The molecule has 2 aromatic rings. The smallest absolute Gasteiger partial charge is 0.139 e. The minimum absolute atomic E-state index is 0.0891. The predicted octanol–water partition coefficient (Wildman–Crippen LogP) is 5.16. The third-order valence-corrected chi connectivity index (χ3v) is 3.64. The van der Waals surface area contributed by atoms with Crippen LogP contribution in [0, 0.1) is 5.82 Å². The van der Waals surface area contributed by atoms with Gasteiger partial charge in [-0.2, -0.15) is 0 Å². The molecule has 0 saturated heterocycles. The molecule has 0 aromatic heterocycles. The third kappa shape index (κ3) is 3.73. The lowest BCUT2D eigenvalue weighted by Gasteiger charge is -2.16. The number of halogens is 2. The summed E-state index contributed by atoms with van der Waals surface area (Å²) >= 11 is 3.15. The summed E-state index contributed by atoms with van der Waals surface area (Å²) in [5.41, 5.74) is 1.88. The molecule has 0 radical (unpaired) electrons. The maximum absolute atomic E-state index is 13.5. The van der Waals surface area contributed by atoms with Crippen LogP contribution in [0.25, 0.3) is 0 Å². The van der Waals surface area contributed by atoms with Crippen molar-refractivity contribution in [2.75, 3.05) is 11.9 Å². The molecule has 2 aromatic carbocycles. The van der Waals surface area contributed by atoms with Gasteiger partial charge in [-0.05, 0) is 65.7 Å². The molecule has 0 spiro atoms. The fraction of sp³-hybridized carbons (Fsp3) is 0.250. The highest BCUT2D eigenvalue weighted by Gasteiger charge is 2.07. The van der Waals surface area contributed by atoms with Gasteiger partial charge in [0.1, 0.15) is 11.6 Å². The van der Waals surface area contributed by atoms with Gasteiger partial charge in [-0.3, -0.25) is 0 Å². The molecule has 0 aliphatic heterocycles. The van der Waals surface area contributed by atoms with Crippen molar-refractivity contribution in [3.63, 3.8) is 0 Å². The summed E-state index contributed by atoms with van der Waals surface area (Å²) in [5.74, 6) is 0.590. The van der Waals surface area contributed by atoms with Crippen LogP contribution in [0.5, 0.6) is 5.75 Å². The standard InChI is InChI=1S/C16H17BrFNO/c1-3-20-14-7-4-12(5-8-14)11(2)19-13-6-9-15(17)16(18)10-13/h4-11,19H,3H2,1-2H3. The van der Waals surface area contributed by atoms with E-state index >= 15 is 0 Å². The summed E-state index contributed by atoms with van der Waals surface area (Å²) in [5, 5.41) is 3.28. The highest BCUT2D eigenvalue weighted by Crippen LogP contribution is 2.24. The molecule has 2 rings (SSSR count).